The summed E-state index contributed by atoms with van der Waals surface area (Å²) >= 11 is 6.94. The summed E-state index contributed by atoms with van der Waals surface area (Å²) in [6, 6.07) is 4.00. The van der Waals surface area contributed by atoms with Crippen molar-refractivity contribution in [3.8, 4) is 0 Å². The lowest BCUT2D eigenvalue weighted by Crippen LogP contribution is -2.06. The van der Waals surface area contributed by atoms with Crippen LogP contribution in [-0.4, -0.2) is 5.11 Å². The van der Waals surface area contributed by atoms with Crippen molar-refractivity contribution in [3.63, 3.8) is 0 Å². The molecule has 0 fully saturated rings. The van der Waals surface area contributed by atoms with Crippen molar-refractivity contribution in [1.29, 1.82) is 0 Å². The fourth-order valence-corrected chi connectivity index (χ4v) is 2.30. The molecule has 0 spiro atoms. The van der Waals surface area contributed by atoms with E-state index in [0.717, 1.165) is 20.1 Å². The van der Waals surface area contributed by atoms with Gasteiger partial charge in [0.1, 0.15) is 0 Å². The minimum Gasteiger partial charge on any atom is -0.388 e. The minimum absolute atomic E-state index is 0.223. The van der Waals surface area contributed by atoms with Crippen LogP contribution in [0.25, 0.3) is 0 Å². The Bertz CT molecular complexity index is 334. The molecule has 0 saturated heterocycles. The molecule has 1 unspecified atom stereocenters. The Morgan fingerprint density at radius 3 is 2.21 bits per heavy atom. The number of aliphatic hydroxyl groups excluding tert-OH is 1. The molecule has 1 rings (SSSR count). The van der Waals surface area contributed by atoms with Gasteiger partial charge in [0.25, 0.3) is 0 Å². The van der Waals surface area contributed by atoms with E-state index in [0.29, 0.717) is 0 Å². The largest absolute Gasteiger partial charge is 0.388 e. The van der Waals surface area contributed by atoms with E-state index in [-0.39, 0.29) is 5.92 Å². The normalized spacial score (nSPS) is 13.4. The maximum Gasteiger partial charge on any atom is 0.0824 e. The molecule has 0 saturated carbocycles. The monoisotopic (exact) mass is 320 g/mol. The summed E-state index contributed by atoms with van der Waals surface area (Å²) in [6.45, 7) is 6.04. The molecule has 78 valence electrons. The van der Waals surface area contributed by atoms with E-state index >= 15 is 0 Å². The highest BCUT2D eigenvalue weighted by Crippen LogP contribution is 2.32. The molecule has 0 amide bonds. The second kappa shape index (κ2) is 4.77. The molecule has 1 N–H and O–H groups in total. The third kappa shape index (κ3) is 2.59. The van der Waals surface area contributed by atoms with Crippen LogP contribution in [0.3, 0.4) is 0 Å². The van der Waals surface area contributed by atoms with Gasteiger partial charge in [0.2, 0.25) is 0 Å². The number of halogens is 2. The van der Waals surface area contributed by atoms with Gasteiger partial charge in [0.05, 0.1) is 6.10 Å². The first-order chi connectivity index (χ1) is 6.43. The van der Waals surface area contributed by atoms with Crippen molar-refractivity contribution in [2.24, 2.45) is 5.92 Å². The molecule has 1 nitrogen and oxygen atoms in total. The molecular formula is C11H14Br2O. The SMILES string of the molecule is Cc1cc(Br)c(C(O)C(C)C)cc1Br. The maximum absolute atomic E-state index is 9.94. The van der Waals surface area contributed by atoms with E-state index in [9.17, 15) is 5.11 Å². The summed E-state index contributed by atoms with van der Waals surface area (Å²) < 4.78 is 2.01. The Kier molecular flexibility index (Phi) is 4.16. The Balaban J connectivity index is 3.15. The van der Waals surface area contributed by atoms with Crippen molar-refractivity contribution < 1.29 is 5.11 Å². The van der Waals surface area contributed by atoms with Crippen LogP contribution in [0.1, 0.15) is 31.1 Å². The van der Waals surface area contributed by atoms with Crippen LogP contribution in [0.15, 0.2) is 21.1 Å². The molecule has 0 aliphatic carbocycles. The first-order valence-corrected chi connectivity index (χ1v) is 6.15. The predicted octanol–water partition coefficient (Wildman–Crippen LogP) is 4.21. The molecule has 1 aromatic rings. The zero-order valence-electron chi connectivity index (χ0n) is 8.51. The Hall–Kier alpha value is 0.140. The fraction of sp³-hybridized carbons (Fsp3) is 0.455. The average Bonchev–Trinajstić information content (AvgIpc) is 2.10. The van der Waals surface area contributed by atoms with Gasteiger partial charge in [-0.15, -0.1) is 0 Å². The number of aliphatic hydroxyl groups is 1. The van der Waals surface area contributed by atoms with E-state index in [1.165, 1.54) is 0 Å². The van der Waals surface area contributed by atoms with Crippen LogP contribution >= 0.6 is 31.9 Å². The van der Waals surface area contributed by atoms with Crippen LogP contribution < -0.4 is 0 Å². The van der Waals surface area contributed by atoms with Gasteiger partial charge >= 0.3 is 0 Å². The number of rotatable bonds is 2. The van der Waals surface area contributed by atoms with Gasteiger partial charge in [0.15, 0.2) is 0 Å². The highest BCUT2D eigenvalue weighted by atomic mass is 79.9. The van der Waals surface area contributed by atoms with Crippen molar-refractivity contribution in [1.82, 2.24) is 0 Å². The second-order valence-corrected chi connectivity index (χ2v) is 5.52. The van der Waals surface area contributed by atoms with E-state index in [4.69, 9.17) is 0 Å². The smallest absolute Gasteiger partial charge is 0.0824 e. The summed E-state index contributed by atoms with van der Waals surface area (Å²) in [4.78, 5) is 0. The van der Waals surface area contributed by atoms with Crippen molar-refractivity contribution in [2.45, 2.75) is 26.9 Å². The lowest BCUT2D eigenvalue weighted by Gasteiger charge is -2.17. The van der Waals surface area contributed by atoms with Gasteiger partial charge in [-0.05, 0) is 36.1 Å². The van der Waals surface area contributed by atoms with E-state index in [2.05, 4.69) is 31.9 Å². The van der Waals surface area contributed by atoms with Crippen LogP contribution in [0.5, 0.6) is 0 Å². The van der Waals surface area contributed by atoms with Crippen LogP contribution in [0, 0.1) is 12.8 Å². The van der Waals surface area contributed by atoms with Gasteiger partial charge in [-0.25, -0.2) is 0 Å². The summed E-state index contributed by atoms with van der Waals surface area (Å²) in [7, 11) is 0. The third-order valence-corrected chi connectivity index (χ3v) is 3.77. The Morgan fingerprint density at radius 2 is 1.71 bits per heavy atom. The highest BCUT2D eigenvalue weighted by molar-refractivity contribution is 9.11. The Labute approximate surface area is 102 Å². The third-order valence-electron chi connectivity index (χ3n) is 2.23. The van der Waals surface area contributed by atoms with E-state index in [1.54, 1.807) is 0 Å². The number of aryl methyl sites for hydroxylation is 1. The molecule has 0 aromatic heterocycles. The molecule has 0 aliphatic heterocycles. The van der Waals surface area contributed by atoms with Crippen molar-refractivity contribution in [2.75, 3.05) is 0 Å². The van der Waals surface area contributed by atoms with Gasteiger partial charge in [-0.1, -0.05) is 45.7 Å². The lowest BCUT2D eigenvalue weighted by molar-refractivity contribution is 0.126. The molecule has 14 heavy (non-hydrogen) atoms. The summed E-state index contributed by atoms with van der Waals surface area (Å²) in [5.74, 6) is 0.223. The molecule has 0 radical (unpaired) electrons. The predicted molar refractivity (Wildman–Crippen MR) is 66.4 cm³/mol. The number of hydrogen-bond donors (Lipinski definition) is 1. The fourth-order valence-electron chi connectivity index (χ4n) is 1.25. The summed E-state index contributed by atoms with van der Waals surface area (Å²) in [5, 5.41) is 9.94. The molecule has 0 bridgehead atoms. The summed E-state index contributed by atoms with van der Waals surface area (Å²) in [6.07, 6.45) is -0.415. The van der Waals surface area contributed by atoms with Gasteiger partial charge in [-0.2, -0.15) is 0 Å². The van der Waals surface area contributed by atoms with Crippen LogP contribution in [0.2, 0.25) is 0 Å². The molecule has 1 atom stereocenters. The highest BCUT2D eigenvalue weighted by Gasteiger charge is 2.16. The lowest BCUT2D eigenvalue weighted by atomic mass is 9.98. The molecular weight excluding hydrogens is 308 g/mol. The van der Waals surface area contributed by atoms with Crippen molar-refractivity contribution >= 4 is 31.9 Å². The van der Waals surface area contributed by atoms with Gasteiger partial charge < -0.3 is 5.11 Å². The molecule has 0 aliphatic rings. The zero-order valence-corrected chi connectivity index (χ0v) is 11.7. The molecule has 3 heteroatoms. The first-order valence-electron chi connectivity index (χ1n) is 4.57. The number of benzene rings is 1. The number of hydrogen-bond acceptors (Lipinski definition) is 1. The quantitative estimate of drug-likeness (QED) is 0.865. The summed E-state index contributed by atoms with van der Waals surface area (Å²) in [5.41, 5.74) is 2.11. The van der Waals surface area contributed by atoms with E-state index in [1.807, 2.05) is 32.9 Å². The van der Waals surface area contributed by atoms with E-state index < -0.39 is 6.10 Å². The van der Waals surface area contributed by atoms with Crippen LogP contribution in [0.4, 0.5) is 0 Å². The van der Waals surface area contributed by atoms with Crippen molar-refractivity contribution in [3.05, 3.63) is 32.2 Å². The standard InChI is InChI=1S/C11H14Br2O/c1-6(2)11(14)8-5-9(12)7(3)4-10(8)13/h4-6,11,14H,1-3H3. The minimum atomic E-state index is -0.415. The first kappa shape index (κ1) is 12.2. The van der Waals surface area contributed by atoms with Crippen LogP contribution in [-0.2, 0) is 0 Å². The Morgan fingerprint density at radius 1 is 1.14 bits per heavy atom. The maximum atomic E-state index is 9.94. The molecule has 1 aromatic carbocycles. The molecule has 0 heterocycles. The van der Waals surface area contributed by atoms with Gasteiger partial charge in [-0.3, -0.25) is 0 Å². The second-order valence-electron chi connectivity index (χ2n) is 3.81. The van der Waals surface area contributed by atoms with Gasteiger partial charge in [0, 0.05) is 8.95 Å². The average molecular weight is 322 g/mol. The zero-order chi connectivity index (χ0) is 10.9. The topological polar surface area (TPSA) is 20.2 Å².